The second-order valence-corrected chi connectivity index (χ2v) is 7.93. The van der Waals surface area contributed by atoms with Crippen molar-refractivity contribution in [1.82, 2.24) is 0 Å². The van der Waals surface area contributed by atoms with Crippen molar-refractivity contribution in [2.75, 3.05) is 23.0 Å². The summed E-state index contributed by atoms with van der Waals surface area (Å²) in [6.45, 7) is 1.33. The number of anilines is 2. The zero-order chi connectivity index (χ0) is 20.4. The van der Waals surface area contributed by atoms with Crippen LogP contribution in [0, 0.1) is 11.6 Å². The molecule has 1 N–H and O–H groups in total. The van der Waals surface area contributed by atoms with Gasteiger partial charge in [0.25, 0.3) is 0 Å². The Labute approximate surface area is 160 Å². The molecule has 0 saturated heterocycles. The lowest BCUT2D eigenvalue weighted by atomic mass is 10.2. The summed E-state index contributed by atoms with van der Waals surface area (Å²) >= 11 is 6.04. The number of carbonyl (C=O) groups is 1. The number of amides is 1. The number of hydrogen-bond donors (Lipinski definition) is 1. The molecule has 2 aromatic carbocycles. The van der Waals surface area contributed by atoms with Gasteiger partial charge in [-0.05, 0) is 37.3 Å². The number of carbonyl (C=O) groups excluding carboxylic acids is 1. The van der Waals surface area contributed by atoms with Crippen LogP contribution >= 0.6 is 11.6 Å². The molecule has 1 amide bonds. The number of sulfonamides is 1. The van der Waals surface area contributed by atoms with Crippen LogP contribution in [-0.4, -0.2) is 33.7 Å². The predicted molar refractivity (Wildman–Crippen MR) is 99.8 cm³/mol. The van der Waals surface area contributed by atoms with E-state index in [-0.39, 0.29) is 16.4 Å². The van der Waals surface area contributed by atoms with Gasteiger partial charge in [0.1, 0.15) is 23.4 Å². The van der Waals surface area contributed by atoms with Crippen molar-refractivity contribution < 1.29 is 26.7 Å². The highest BCUT2D eigenvalue weighted by Crippen LogP contribution is 2.31. The molecule has 0 radical (unpaired) electrons. The van der Waals surface area contributed by atoms with Crippen molar-refractivity contribution in [2.24, 2.45) is 0 Å². The number of benzene rings is 2. The first-order chi connectivity index (χ1) is 12.5. The molecular formula is C17H17ClF2N2O4S. The fraction of sp³-hybridized carbons (Fsp3) is 0.235. The van der Waals surface area contributed by atoms with Gasteiger partial charge in [-0.1, -0.05) is 11.6 Å². The molecule has 0 aliphatic carbocycles. The monoisotopic (exact) mass is 418 g/mol. The standard InChI is InChI=1S/C17H17ClF2N2O4S/c1-10(17(23)21-15-6-4-11(19)8-14(15)20)22(27(3,24)25)12-5-7-16(26-2)13(18)9-12/h4-10H,1-3H3,(H,21,23)/t10-/m1/s1. The summed E-state index contributed by atoms with van der Waals surface area (Å²) < 4.78 is 57.1. The number of halogens is 3. The fourth-order valence-electron chi connectivity index (χ4n) is 2.43. The first kappa shape index (κ1) is 20.9. The Morgan fingerprint density at radius 2 is 1.89 bits per heavy atom. The van der Waals surface area contributed by atoms with Gasteiger partial charge in [-0.15, -0.1) is 0 Å². The first-order valence-corrected chi connectivity index (χ1v) is 9.86. The molecule has 10 heteroatoms. The van der Waals surface area contributed by atoms with E-state index in [1.54, 1.807) is 0 Å². The van der Waals surface area contributed by atoms with Crippen LogP contribution in [0.25, 0.3) is 0 Å². The van der Waals surface area contributed by atoms with Crippen molar-refractivity contribution in [2.45, 2.75) is 13.0 Å². The summed E-state index contributed by atoms with van der Waals surface area (Å²) in [5, 5.41) is 2.41. The van der Waals surface area contributed by atoms with Gasteiger partial charge in [-0.3, -0.25) is 9.10 Å². The zero-order valence-corrected chi connectivity index (χ0v) is 16.2. The maximum atomic E-state index is 13.8. The normalized spacial score (nSPS) is 12.4. The molecule has 27 heavy (non-hydrogen) atoms. The average molecular weight is 419 g/mol. The van der Waals surface area contributed by atoms with Gasteiger partial charge in [-0.2, -0.15) is 0 Å². The van der Waals surface area contributed by atoms with E-state index < -0.39 is 33.6 Å². The minimum atomic E-state index is -3.89. The highest BCUT2D eigenvalue weighted by molar-refractivity contribution is 7.92. The minimum absolute atomic E-state index is 0.130. The van der Waals surface area contributed by atoms with Crippen LogP contribution in [0.4, 0.5) is 20.2 Å². The lowest BCUT2D eigenvalue weighted by molar-refractivity contribution is -0.116. The van der Waals surface area contributed by atoms with Crippen molar-refractivity contribution in [3.05, 3.63) is 53.1 Å². The number of rotatable bonds is 6. The summed E-state index contributed by atoms with van der Waals surface area (Å²) in [6.07, 6.45) is 0.924. The van der Waals surface area contributed by atoms with Gasteiger partial charge in [0.05, 0.1) is 29.8 Å². The largest absolute Gasteiger partial charge is 0.495 e. The van der Waals surface area contributed by atoms with E-state index in [0.29, 0.717) is 11.8 Å². The van der Waals surface area contributed by atoms with Crippen molar-refractivity contribution in [3.8, 4) is 5.75 Å². The van der Waals surface area contributed by atoms with E-state index in [9.17, 15) is 22.0 Å². The second kappa shape index (κ2) is 8.10. The summed E-state index contributed by atoms with van der Waals surface area (Å²) in [5.74, 6) is -2.25. The Morgan fingerprint density at radius 3 is 2.41 bits per heavy atom. The van der Waals surface area contributed by atoms with E-state index in [2.05, 4.69) is 5.32 Å². The Bertz CT molecular complexity index is 969. The smallest absolute Gasteiger partial charge is 0.248 e. The molecule has 1 atom stereocenters. The van der Waals surface area contributed by atoms with Crippen molar-refractivity contribution >= 4 is 38.9 Å². The quantitative estimate of drug-likeness (QED) is 0.779. The van der Waals surface area contributed by atoms with Crippen molar-refractivity contribution in [3.63, 3.8) is 0 Å². The molecule has 146 valence electrons. The highest BCUT2D eigenvalue weighted by atomic mass is 35.5. The maximum absolute atomic E-state index is 13.8. The Balaban J connectivity index is 2.36. The van der Waals surface area contributed by atoms with Crippen LogP contribution in [0.2, 0.25) is 5.02 Å². The molecule has 0 heterocycles. The van der Waals surface area contributed by atoms with Crippen LogP contribution in [0.5, 0.6) is 5.75 Å². The van der Waals surface area contributed by atoms with Crippen LogP contribution in [0.15, 0.2) is 36.4 Å². The van der Waals surface area contributed by atoms with Crippen LogP contribution in [0.1, 0.15) is 6.92 Å². The Hall–Kier alpha value is -2.39. The molecule has 6 nitrogen and oxygen atoms in total. The Kier molecular flexibility index (Phi) is 6.27. The molecule has 0 aliphatic heterocycles. The molecular weight excluding hydrogens is 402 g/mol. The Morgan fingerprint density at radius 1 is 1.22 bits per heavy atom. The van der Waals surface area contributed by atoms with E-state index >= 15 is 0 Å². The zero-order valence-electron chi connectivity index (χ0n) is 14.7. The molecule has 0 saturated carbocycles. The van der Waals surface area contributed by atoms with Gasteiger partial charge in [0, 0.05) is 6.07 Å². The average Bonchev–Trinajstić information content (AvgIpc) is 2.56. The second-order valence-electron chi connectivity index (χ2n) is 5.67. The molecule has 0 spiro atoms. The SMILES string of the molecule is COc1ccc(N([C@H](C)C(=O)Nc2ccc(F)cc2F)S(C)(=O)=O)cc1Cl. The topological polar surface area (TPSA) is 75.7 Å². The molecule has 0 fully saturated rings. The molecule has 0 unspecified atom stereocenters. The molecule has 0 bridgehead atoms. The van der Waals surface area contributed by atoms with Crippen LogP contribution in [-0.2, 0) is 14.8 Å². The number of hydrogen-bond acceptors (Lipinski definition) is 4. The van der Waals surface area contributed by atoms with Gasteiger partial charge in [-0.25, -0.2) is 17.2 Å². The molecule has 2 aromatic rings. The third-order valence-corrected chi connectivity index (χ3v) is 5.20. The molecule has 2 rings (SSSR count). The van der Waals surface area contributed by atoms with Crippen molar-refractivity contribution in [1.29, 1.82) is 0 Å². The summed E-state index contributed by atoms with van der Waals surface area (Å²) in [6, 6.07) is 5.61. The van der Waals surface area contributed by atoms with Crippen LogP contribution in [0.3, 0.4) is 0 Å². The third kappa shape index (κ3) is 4.86. The van der Waals surface area contributed by atoms with Gasteiger partial charge in [0.2, 0.25) is 15.9 Å². The lowest BCUT2D eigenvalue weighted by Gasteiger charge is -2.28. The fourth-order valence-corrected chi connectivity index (χ4v) is 3.85. The number of nitrogens with one attached hydrogen (secondary N) is 1. The van der Waals surface area contributed by atoms with Gasteiger partial charge < -0.3 is 10.1 Å². The maximum Gasteiger partial charge on any atom is 0.248 e. The summed E-state index contributed by atoms with van der Waals surface area (Å²) in [4.78, 5) is 12.5. The molecule has 0 aliphatic rings. The third-order valence-electron chi connectivity index (χ3n) is 3.67. The lowest BCUT2D eigenvalue weighted by Crippen LogP contribution is -2.45. The molecule has 0 aromatic heterocycles. The minimum Gasteiger partial charge on any atom is -0.495 e. The summed E-state index contributed by atoms with van der Waals surface area (Å²) in [5.41, 5.74) is -0.139. The van der Waals surface area contributed by atoms with Gasteiger partial charge >= 0.3 is 0 Å². The van der Waals surface area contributed by atoms with E-state index in [1.165, 1.54) is 32.2 Å². The van der Waals surface area contributed by atoms with E-state index in [4.69, 9.17) is 16.3 Å². The van der Waals surface area contributed by atoms with Gasteiger partial charge in [0.15, 0.2) is 0 Å². The first-order valence-electron chi connectivity index (χ1n) is 7.63. The summed E-state index contributed by atoms with van der Waals surface area (Å²) in [7, 11) is -2.48. The highest BCUT2D eigenvalue weighted by Gasteiger charge is 2.30. The number of methoxy groups -OCH3 is 1. The van der Waals surface area contributed by atoms with E-state index in [1.807, 2.05) is 0 Å². The van der Waals surface area contributed by atoms with E-state index in [0.717, 1.165) is 22.7 Å². The number of ether oxygens (including phenoxy) is 1. The van der Waals surface area contributed by atoms with Crippen LogP contribution < -0.4 is 14.4 Å². The number of nitrogens with zero attached hydrogens (tertiary/aromatic N) is 1. The predicted octanol–water partition coefficient (Wildman–Crippen LogP) is 3.42.